The third kappa shape index (κ3) is 3.89. The molecule has 0 aliphatic carbocycles. The van der Waals surface area contributed by atoms with Gasteiger partial charge in [-0.1, -0.05) is 41.9 Å². The Hall–Kier alpha value is -3.19. The Kier molecular flexibility index (Phi) is 5.08. The van der Waals surface area contributed by atoms with Crippen molar-refractivity contribution in [3.63, 3.8) is 0 Å². The maximum atomic E-state index is 12.8. The molecule has 2 amide bonds. The van der Waals surface area contributed by atoms with Gasteiger partial charge in [-0.25, -0.2) is 9.67 Å². The quantitative estimate of drug-likeness (QED) is 0.720. The first-order valence-corrected chi connectivity index (χ1v) is 9.25. The molecular weight excluding hydrogens is 378 g/mol. The van der Waals surface area contributed by atoms with Gasteiger partial charge in [-0.2, -0.15) is 5.10 Å². The SMILES string of the molecule is O=C(Nc1cc(Cl)ccc1-n1cncn1)[C@H]1CC(=O)N(Cc2ccccc2)C1. The molecule has 1 aliphatic heterocycles. The molecule has 0 radical (unpaired) electrons. The molecule has 1 aliphatic rings. The fraction of sp³-hybridized carbons (Fsp3) is 0.200. The molecule has 1 aromatic heterocycles. The van der Waals surface area contributed by atoms with E-state index in [1.54, 1.807) is 34.1 Å². The fourth-order valence-electron chi connectivity index (χ4n) is 3.28. The Labute approximate surface area is 166 Å². The van der Waals surface area contributed by atoms with E-state index in [1.807, 2.05) is 30.3 Å². The van der Waals surface area contributed by atoms with Crippen LogP contribution in [0.1, 0.15) is 12.0 Å². The first kappa shape index (κ1) is 18.2. The highest BCUT2D eigenvalue weighted by atomic mass is 35.5. The maximum Gasteiger partial charge on any atom is 0.229 e. The number of carbonyl (C=O) groups is 2. The normalized spacial score (nSPS) is 16.4. The number of hydrogen-bond acceptors (Lipinski definition) is 4. The van der Waals surface area contributed by atoms with E-state index < -0.39 is 5.92 Å². The van der Waals surface area contributed by atoms with Crippen LogP contribution in [0, 0.1) is 5.92 Å². The molecule has 3 aromatic rings. The number of halogens is 1. The van der Waals surface area contributed by atoms with Crippen molar-refractivity contribution in [2.24, 2.45) is 5.92 Å². The summed E-state index contributed by atoms with van der Waals surface area (Å²) in [7, 11) is 0. The molecule has 1 N–H and O–H groups in total. The van der Waals surface area contributed by atoms with E-state index in [0.717, 1.165) is 5.56 Å². The minimum absolute atomic E-state index is 0.0217. The number of rotatable bonds is 5. The number of nitrogens with one attached hydrogen (secondary N) is 1. The lowest BCUT2D eigenvalue weighted by Crippen LogP contribution is -2.28. The van der Waals surface area contributed by atoms with Crippen LogP contribution in [0.3, 0.4) is 0 Å². The fourth-order valence-corrected chi connectivity index (χ4v) is 3.45. The zero-order valence-electron chi connectivity index (χ0n) is 15.0. The Morgan fingerprint density at radius 2 is 2.04 bits per heavy atom. The maximum absolute atomic E-state index is 12.8. The van der Waals surface area contributed by atoms with Crippen molar-refractivity contribution >= 4 is 29.1 Å². The molecule has 1 atom stereocenters. The number of carbonyl (C=O) groups excluding carboxylic acids is 2. The van der Waals surface area contributed by atoms with Crippen LogP contribution in [0.15, 0.2) is 61.2 Å². The smallest absolute Gasteiger partial charge is 0.229 e. The largest absolute Gasteiger partial charge is 0.338 e. The van der Waals surface area contributed by atoms with Crippen LogP contribution in [0.25, 0.3) is 5.69 Å². The van der Waals surface area contributed by atoms with E-state index in [4.69, 9.17) is 11.6 Å². The van der Waals surface area contributed by atoms with E-state index in [2.05, 4.69) is 15.4 Å². The summed E-state index contributed by atoms with van der Waals surface area (Å²) in [5.41, 5.74) is 2.22. The highest BCUT2D eigenvalue weighted by molar-refractivity contribution is 6.31. The van der Waals surface area contributed by atoms with Crippen molar-refractivity contribution in [3.8, 4) is 5.69 Å². The lowest BCUT2D eigenvalue weighted by molar-refractivity contribution is -0.128. The van der Waals surface area contributed by atoms with Crippen molar-refractivity contribution < 1.29 is 9.59 Å². The molecule has 142 valence electrons. The number of anilines is 1. The molecule has 8 heteroatoms. The Bertz CT molecular complexity index is 991. The molecule has 0 unspecified atom stereocenters. The molecule has 0 bridgehead atoms. The average Bonchev–Trinajstić information content (AvgIpc) is 3.33. The lowest BCUT2D eigenvalue weighted by atomic mass is 10.1. The highest BCUT2D eigenvalue weighted by Crippen LogP contribution is 2.27. The summed E-state index contributed by atoms with van der Waals surface area (Å²) in [4.78, 5) is 30.8. The molecule has 0 saturated carbocycles. The average molecular weight is 396 g/mol. The second-order valence-corrected chi connectivity index (χ2v) is 7.09. The van der Waals surface area contributed by atoms with Crippen molar-refractivity contribution in [1.82, 2.24) is 19.7 Å². The third-order valence-electron chi connectivity index (χ3n) is 4.68. The number of aromatic nitrogens is 3. The molecule has 28 heavy (non-hydrogen) atoms. The van der Waals surface area contributed by atoms with Crippen LogP contribution < -0.4 is 5.32 Å². The Balaban J connectivity index is 1.48. The van der Waals surface area contributed by atoms with E-state index in [1.165, 1.54) is 6.33 Å². The van der Waals surface area contributed by atoms with Crippen LogP contribution in [0.2, 0.25) is 5.02 Å². The minimum Gasteiger partial charge on any atom is -0.338 e. The van der Waals surface area contributed by atoms with Crippen LogP contribution in [0.4, 0.5) is 5.69 Å². The van der Waals surface area contributed by atoms with Gasteiger partial charge in [0, 0.05) is 24.5 Å². The standard InChI is InChI=1S/C20H18ClN5O2/c21-16-6-7-18(26-13-22-12-23-26)17(9-16)24-20(28)15-8-19(27)25(11-15)10-14-4-2-1-3-5-14/h1-7,9,12-13,15H,8,10-11H2,(H,24,28)/t15-/m0/s1. The van der Waals surface area contributed by atoms with Crippen LogP contribution >= 0.6 is 11.6 Å². The van der Waals surface area contributed by atoms with Gasteiger partial charge in [-0.3, -0.25) is 9.59 Å². The molecule has 1 saturated heterocycles. The molecular formula is C20H18ClN5O2. The number of likely N-dealkylation sites (tertiary alicyclic amines) is 1. The van der Waals surface area contributed by atoms with Crippen molar-refractivity contribution in [1.29, 1.82) is 0 Å². The zero-order chi connectivity index (χ0) is 19.5. The van der Waals surface area contributed by atoms with E-state index >= 15 is 0 Å². The second kappa shape index (κ2) is 7.82. The molecule has 1 fully saturated rings. The highest BCUT2D eigenvalue weighted by Gasteiger charge is 2.34. The second-order valence-electron chi connectivity index (χ2n) is 6.65. The van der Waals surface area contributed by atoms with Gasteiger partial charge < -0.3 is 10.2 Å². The number of amides is 2. The lowest BCUT2D eigenvalue weighted by Gasteiger charge is -2.17. The summed E-state index contributed by atoms with van der Waals surface area (Å²) in [5, 5.41) is 7.49. The molecule has 2 aromatic carbocycles. The topological polar surface area (TPSA) is 80.1 Å². The third-order valence-corrected chi connectivity index (χ3v) is 4.92. The van der Waals surface area contributed by atoms with E-state index in [-0.39, 0.29) is 18.2 Å². The van der Waals surface area contributed by atoms with Gasteiger partial charge in [0.2, 0.25) is 11.8 Å². The van der Waals surface area contributed by atoms with Gasteiger partial charge >= 0.3 is 0 Å². The summed E-state index contributed by atoms with van der Waals surface area (Å²) in [5.74, 6) is -0.655. The van der Waals surface area contributed by atoms with Crippen LogP contribution in [-0.4, -0.2) is 38.0 Å². The van der Waals surface area contributed by atoms with Gasteiger partial charge in [0.15, 0.2) is 0 Å². The minimum atomic E-state index is -0.418. The predicted octanol–water partition coefficient (Wildman–Crippen LogP) is 2.91. The summed E-state index contributed by atoms with van der Waals surface area (Å²) in [6.07, 6.45) is 3.15. The van der Waals surface area contributed by atoms with Crippen molar-refractivity contribution in [3.05, 3.63) is 71.8 Å². The summed E-state index contributed by atoms with van der Waals surface area (Å²) < 4.78 is 1.55. The van der Waals surface area contributed by atoms with Gasteiger partial charge in [-0.15, -0.1) is 0 Å². The summed E-state index contributed by atoms with van der Waals surface area (Å²) >= 11 is 6.10. The van der Waals surface area contributed by atoms with Gasteiger partial charge in [-0.05, 0) is 23.8 Å². The van der Waals surface area contributed by atoms with Crippen LogP contribution in [-0.2, 0) is 16.1 Å². The van der Waals surface area contributed by atoms with Crippen LogP contribution in [0.5, 0.6) is 0 Å². The first-order chi connectivity index (χ1) is 13.6. The van der Waals surface area contributed by atoms with E-state index in [9.17, 15) is 9.59 Å². The van der Waals surface area contributed by atoms with Gasteiger partial charge in [0.1, 0.15) is 12.7 Å². The van der Waals surface area contributed by atoms with Gasteiger partial charge in [0.05, 0.1) is 17.3 Å². The molecule has 2 heterocycles. The van der Waals surface area contributed by atoms with Gasteiger partial charge in [0.25, 0.3) is 0 Å². The Morgan fingerprint density at radius 3 is 2.79 bits per heavy atom. The number of benzene rings is 2. The van der Waals surface area contributed by atoms with E-state index in [0.29, 0.717) is 29.5 Å². The molecule has 4 rings (SSSR count). The molecule has 7 nitrogen and oxygen atoms in total. The van der Waals surface area contributed by atoms with Crippen molar-refractivity contribution in [2.75, 3.05) is 11.9 Å². The first-order valence-electron chi connectivity index (χ1n) is 8.87. The Morgan fingerprint density at radius 1 is 1.21 bits per heavy atom. The summed E-state index contributed by atoms with van der Waals surface area (Å²) in [6, 6.07) is 14.9. The monoisotopic (exact) mass is 395 g/mol. The number of hydrogen-bond donors (Lipinski definition) is 1. The number of nitrogens with zero attached hydrogens (tertiary/aromatic N) is 4. The zero-order valence-corrected chi connectivity index (χ0v) is 15.7. The summed E-state index contributed by atoms with van der Waals surface area (Å²) in [6.45, 7) is 0.892. The predicted molar refractivity (Wildman–Crippen MR) is 105 cm³/mol. The van der Waals surface area contributed by atoms with Crippen molar-refractivity contribution in [2.45, 2.75) is 13.0 Å². The molecule has 0 spiro atoms.